The number of hydrogen-bond donors (Lipinski definition) is 0. The lowest BCUT2D eigenvalue weighted by Crippen LogP contribution is -2.20. The van der Waals surface area contributed by atoms with Crippen molar-refractivity contribution in [2.45, 2.75) is 124 Å². The zero-order valence-corrected chi connectivity index (χ0v) is 16.9. The summed E-state index contributed by atoms with van der Waals surface area (Å²) < 4.78 is 0. The topological polar surface area (TPSA) is 0 Å². The van der Waals surface area contributed by atoms with Crippen molar-refractivity contribution in [2.75, 3.05) is 0 Å². The van der Waals surface area contributed by atoms with Gasteiger partial charge < -0.3 is 0 Å². The van der Waals surface area contributed by atoms with E-state index in [-0.39, 0.29) is 0 Å². The smallest absolute Gasteiger partial charge is 0.0388 e. The molecule has 0 amide bonds. The summed E-state index contributed by atoms with van der Waals surface area (Å²) in [6, 6.07) is 0. The summed E-state index contributed by atoms with van der Waals surface area (Å²) >= 11 is 0. The molecule has 4 unspecified atom stereocenters. The highest BCUT2D eigenvalue weighted by atomic mass is 14.3. The van der Waals surface area contributed by atoms with E-state index in [1.807, 2.05) is 0 Å². The van der Waals surface area contributed by atoms with Gasteiger partial charge in [0.05, 0.1) is 0 Å². The summed E-state index contributed by atoms with van der Waals surface area (Å²) in [5, 5.41) is 0. The first-order valence-corrected chi connectivity index (χ1v) is 11.2. The maximum absolute atomic E-state index is 2.54. The Morgan fingerprint density at radius 2 is 0.826 bits per heavy atom. The van der Waals surface area contributed by atoms with Crippen molar-refractivity contribution in [3.63, 3.8) is 0 Å². The lowest BCUT2D eigenvalue weighted by molar-refractivity contribution is 0.204. The molecule has 0 saturated heterocycles. The van der Waals surface area contributed by atoms with E-state index in [0.717, 1.165) is 23.7 Å². The summed E-state index contributed by atoms with van der Waals surface area (Å²) in [6.45, 7) is 9.95. The van der Waals surface area contributed by atoms with Gasteiger partial charge in [-0.3, -0.25) is 0 Å². The maximum Gasteiger partial charge on any atom is -0.0388 e. The van der Waals surface area contributed by atoms with Crippen LogP contribution in [-0.4, -0.2) is 0 Å². The average Bonchev–Trinajstić information content (AvgIpc) is 2.56. The number of rotatable bonds is 2. The SMILES string of the molecule is CCC1CC(CC)C(C)CCCCCCCCCCCCC1C. The van der Waals surface area contributed by atoms with E-state index in [2.05, 4.69) is 27.7 Å². The highest BCUT2D eigenvalue weighted by Crippen LogP contribution is 2.34. The highest BCUT2D eigenvalue weighted by Gasteiger charge is 2.23. The summed E-state index contributed by atoms with van der Waals surface area (Å²) in [5.74, 6) is 3.82. The average molecular weight is 323 g/mol. The van der Waals surface area contributed by atoms with Crippen LogP contribution in [0.2, 0.25) is 0 Å². The van der Waals surface area contributed by atoms with Crippen LogP contribution >= 0.6 is 0 Å². The first kappa shape index (κ1) is 21.0. The molecule has 4 atom stereocenters. The van der Waals surface area contributed by atoms with E-state index in [1.54, 1.807) is 0 Å². The Kier molecular flexibility index (Phi) is 12.2. The molecule has 23 heavy (non-hydrogen) atoms. The summed E-state index contributed by atoms with van der Waals surface area (Å²) in [6.07, 6.45) is 22.1. The van der Waals surface area contributed by atoms with Crippen LogP contribution in [0.4, 0.5) is 0 Å². The summed E-state index contributed by atoms with van der Waals surface area (Å²) in [7, 11) is 0. The third kappa shape index (κ3) is 9.16. The van der Waals surface area contributed by atoms with E-state index in [1.165, 1.54) is 96.3 Å². The van der Waals surface area contributed by atoms with Crippen LogP contribution in [0.5, 0.6) is 0 Å². The van der Waals surface area contributed by atoms with Crippen molar-refractivity contribution in [1.29, 1.82) is 0 Å². The van der Waals surface area contributed by atoms with Crippen LogP contribution in [0.3, 0.4) is 0 Å². The van der Waals surface area contributed by atoms with Gasteiger partial charge in [-0.2, -0.15) is 0 Å². The minimum absolute atomic E-state index is 0.942. The van der Waals surface area contributed by atoms with Gasteiger partial charge in [-0.25, -0.2) is 0 Å². The molecule has 0 spiro atoms. The molecular weight excluding hydrogens is 276 g/mol. The molecule has 0 N–H and O–H groups in total. The van der Waals surface area contributed by atoms with Crippen molar-refractivity contribution in [1.82, 2.24) is 0 Å². The first-order chi connectivity index (χ1) is 11.2. The molecule has 0 aromatic heterocycles. The Morgan fingerprint density at radius 3 is 1.13 bits per heavy atom. The summed E-state index contributed by atoms with van der Waals surface area (Å²) in [5.41, 5.74) is 0. The summed E-state index contributed by atoms with van der Waals surface area (Å²) in [4.78, 5) is 0. The van der Waals surface area contributed by atoms with Crippen molar-refractivity contribution in [3.8, 4) is 0 Å². The Labute approximate surface area is 148 Å². The maximum atomic E-state index is 2.54. The Balaban J connectivity index is 2.54. The lowest BCUT2D eigenvalue weighted by atomic mass is 9.75. The molecule has 0 bridgehead atoms. The molecule has 0 aliphatic heterocycles. The molecular formula is C23H46. The Morgan fingerprint density at radius 1 is 0.522 bits per heavy atom. The highest BCUT2D eigenvalue weighted by molar-refractivity contribution is 4.74. The van der Waals surface area contributed by atoms with Gasteiger partial charge in [-0.1, -0.05) is 118 Å². The van der Waals surface area contributed by atoms with E-state index in [9.17, 15) is 0 Å². The second kappa shape index (κ2) is 13.3. The minimum Gasteiger partial charge on any atom is -0.0651 e. The molecule has 0 heterocycles. The predicted molar refractivity (Wildman–Crippen MR) is 106 cm³/mol. The zero-order chi connectivity index (χ0) is 16.9. The zero-order valence-electron chi connectivity index (χ0n) is 16.9. The van der Waals surface area contributed by atoms with Gasteiger partial charge in [0.1, 0.15) is 0 Å². The quantitative estimate of drug-likeness (QED) is 0.478. The van der Waals surface area contributed by atoms with Crippen LogP contribution in [-0.2, 0) is 0 Å². The molecule has 138 valence electrons. The van der Waals surface area contributed by atoms with Crippen molar-refractivity contribution < 1.29 is 0 Å². The molecule has 1 fully saturated rings. The molecule has 1 aliphatic rings. The fourth-order valence-corrected chi connectivity index (χ4v) is 4.81. The molecule has 1 saturated carbocycles. The van der Waals surface area contributed by atoms with Crippen molar-refractivity contribution in [2.24, 2.45) is 23.7 Å². The van der Waals surface area contributed by atoms with E-state index < -0.39 is 0 Å². The van der Waals surface area contributed by atoms with E-state index >= 15 is 0 Å². The predicted octanol–water partition coefficient (Wildman–Crippen LogP) is 8.40. The third-order valence-corrected chi connectivity index (χ3v) is 6.83. The molecule has 0 heteroatoms. The molecule has 0 nitrogen and oxygen atoms in total. The van der Waals surface area contributed by atoms with Crippen molar-refractivity contribution >= 4 is 0 Å². The van der Waals surface area contributed by atoms with Gasteiger partial charge in [0.25, 0.3) is 0 Å². The molecule has 0 aromatic rings. The second-order valence-corrected chi connectivity index (χ2v) is 8.64. The van der Waals surface area contributed by atoms with Crippen LogP contribution in [0, 0.1) is 23.7 Å². The van der Waals surface area contributed by atoms with E-state index in [0.29, 0.717) is 0 Å². The third-order valence-electron chi connectivity index (χ3n) is 6.83. The van der Waals surface area contributed by atoms with Gasteiger partial charge >= 0.3 is 0 Å². The van der Waals surface area contributed by atoms with Gasteiger partial charge in [-0.05, 0) is 30.1 Å². The van der Waals surface area contributed by atoms with Gasteiger partial charge in [0, 0.05) is 0 Å². The molecule has 0 aromatic carbocycles. The van der Waals surface area contributed by atoms with Crippen LogP contribution in [0.15, 0.2) is 0 Å². The van der Waals surface area contributed by atoms with Crippen LogP contribution in [0.25, 0.3) is 0 Å². The van der Waals surface area contributed by atoms with Crippen LogP contribution < -0.4 is 0 Å². The molecule has 1 rings (SSSR count). The minimum atomic E-state index is 0.942. The fourth-order valence-electron chi connectivity index (χ4n) is 4.81. The normalized spacial score (nSPS) is 33.9. The van der Waals surface area contributed by atoms with E-state index in [4.69, 9.17) is 0 Å². The fraction of sp³-hybridized carbons (Fsp3) is 1.00. The molecule has 0 radical (unpaired) electrons. The monoisotopic (exact) mass is 322 g/mol. The van der Waals surface area contributed by atoms with Gasteiger partial charge in [-0.15, -0.1) is 0 Å². The number of hydrogen-bond acceptors (Lipinski definition) is 0. The van der Waals surface area contributed by atoms with Crippen LogP contribution in [0.1, 0.15) is 124 Å². The van der Waals surface area contributed by atoms with Crippen molar-refractivity contribution in [3.05, 3.63) is 0 Å². The standard InChI is InChI=1S/C23H46/c1-5-22-19-23(6-2)21(4)18-16-14-12-10-8-7-9-11-13-15-17-20(22)3/h20-23H,5-19H2,1-4H3. The molecule has 1 aliphatic carbocycles. The van der Waals surface area contributed by atoms with Gasteiger partial charge in [0.2, 0.25) is 0 Å². The van der Waals surface area contributed by atoms with Gasteiger partial charge in [0.15, 0.2) is 0 Å². The lowest BCUT2D eigenvalue weighted by Gasteiger charge is -2.30. The second-order valence-electron chi connectivity index (χ2n) is 8.64. The Bertz CT molecular complexity index is 231. The first-order valence-electron chi connectivity index (χ1n) is 11.2. The largest absolute Gasteiger partial charge is 0.0651 e. The Hall–Kier alpha value is 0.